The van der Waals surface area contributed by atoms with E-state index >= 15 is 0 Å². The van der Waals surface area contributed by atoms with Crippen molar-refractivity contribution in [2.75, 3.05) is 13.1 Å². The van der Waals surface area contributed by atoms with Gasteiger partial charge in [-0.3, -0.25) is 19.2 Å². The second-order valence-electron chi connectivity index (χ2n) is 3.01. The molecule has 11 heteroatoms. The lowest BCUT2D eigenvalue weighted by Gasteiger charge is -1.99. The van der Waals surface area contributed by atoms with Gasteiger partial charge in [-0.2, -0.15) is 13.5 Å². The molecule has 10 nitrogen and oxygen atoms in total. The number of hydrogen-bond donors (Lipinski definition) is 6. The number of aromatic amines is 1. The van der Waals surface area contributed by atoms with Crippen LogP contribution in [0.15, 0.2) is 17.3 Å². The highest BCUT2D eigenvalue weighted by molar-refractivity contribution is 7.79. The Labute approximate surface area is 104 Å². The molecule has 0 radical (unpaired) electrons. The molecule has 8 N–H and O–H groups in total. The third-order valence-corrected chi connectivity index (χ3v) is 1.46. The van der Waals surface area contributed by atoms with Crippen LogP contribution in [0.25, 0.3) is 0 Å². The smallest absolute Gasteiger partial charge is 0.370 e. The fourth-order valence-corrected chi connectivity index (χ4v) is 0.870. The highest BCUT2D eigenvalue weighted by Crippen LogP contribution is 1.88. The fourth-order valence-electron chi connectivity index (χ4n) is 0.870. The van der Waals surface area contributed by atoms with Crippen LogP contribution >= 0.6 is 0 Å². The molecule has 0 aliphatic heterocycles. The van der Waals surface area contributed by atoms with Crippen molar-refractivity contribution in [2.24, 2.45) is 16.5 Å². The van der Waals surface area contributed by atoms with E-state index in [0.717, 1.165) is 18.8 Å². The summed E-state index contributed by atoms with van der Waals surface area (Å²) in [5.41, 5.74) is 11.4. The fraction of sp³-hybridized carbons (Fsp3) is 0.429. The van der Waals surface area contributed by atoms with E-state index in [4.69, 9.17) is 29.0 Å². The van der Waals surface area contributed by atoms with E-state index in [9.17, 15) is 0 Å². The lowest BCUT2D eigenvalue weighted by molar-refractivity contribution is 0.381. The number of hydrogen-bond acceptors (Lipinski definition) is 5. The molecule has 0 spiro atoms. The first kappa shape index (κ1) is 16.3. The Balaban J connectivity index is 0.000000494. The first-order valence-electron chi connectivity index (χ1n) is 4.73. The second-order valence-corrected chi connectivity index (χ2v) is 3.91. The summed E-state index contributed by atoms with van der Waals surface area (Å²) in [5, 5.41) is 9.81. The number of nitrogens with two attached hydrogens (primary N) is 2. The van der Waals surface area contributed by atoms with Crippen LogP contribution in [-0.4, -0.2) is 46.8 Å². The molecule has 0 amide bonds. The quantitative estimate of drug-likeness (QED) is 0.157. The zero-order chi connectivity index (χ0) is 14.0. The Morgan fingerprint density at radius 3 is 2.56 bits per heavy atom. The summed E-state index contributed by atoms with van der Waals surface area (Å²) in [6, 6.07) is 1.91. The van der Waals surface area contributed by atoms with E-state index in [2.05, 4.69) is 20.5 Å². The SMILES string of the molecule is NC(N)=NCCNCc1ccn[nH]1.O=S(=O)(O)O. The number of rotatable bonds is 5. The number of H-pyrrole nitrogens is 1. The topological polar surface area (TPSA) is 180 Å². The van der Waals surface area contributed by atoms with E-state index in [-0.39, 0.29) is 5.96 Å². The molecule has 1 rings (SSSR count). The summed E-state index contributed by atoms with van der Waals surface area (Å²) < 4.78 is 31.6. The van der Waals surface area contributed by atoms with E-state index < -0.39 is 10.4 Å². The highest BCUT2D eigenvalue weighted by atomic mass is 32.3. The largest absolute Gasteiger partial charge is 0.394 e. The van der Waals surface area contributed by atoms with Gasteiger partial charge in [0.2, 0.25) is 0 Å². The molecule has 1 heterocycles. The third-order valence-electron chi connectivity index (χ3n) is 1.46. The zero-order valence-electron chi connectivity index (χ0n) is 9.44. The summed E-state index contributed by atoms with van der Waals surface area (Å²) in [7, 11) is -4.67. The molecule has 0 atom stereocenters. The van der Waals surface area contributed by atoms with Crippen molar-refractivity contribution < 1.29 is 17.5 Å². The van der Waals surface area contributed by atoms with Crippen LogP contribution in [0, 0.1) is 0 Å². The van der Waals surface area contributed by atoms with Crippen LogP contribution in [0.4, 0.5) is 0 Å². The number of aliphatic imine (C=N–C) groups is 1. The third kappa shape index (κ3) is 14.3. The maximum absolute atomic E-state index is 8.74. The Hall–Kier alpha value is -1.69. The normalized spacial score (nSPS) is 10.3. The van der Waals surface area contributed by atoms with Crippen molar-refractivity contribution in [3.8, 4) is 0 Å². The molecule has 0 fully saturated rings. The molecule has 1 aromatic heterocycles. The first-order chi connectivity index (χ1) is 8.29. The molecule has 0 aliphatic carbocycles. The maximum atomic E-state index is 8.74. The van der Waals surface area contributed by atoms with E-state index in [1.165, 1.54) is 0 Å². The van der Waals surface area contributed by atoms with Crippen LogP contribution in [-0.2, 0) is 16.9 Å². The minimum Gasteiger partial charge on any atom is -0.370 e. The lowest BCUT2D eigenvalue weighted by atomic mass is 10.4. The Bertz CT molecular complexity index is 431. The van der Waals surface area contributed by atoms with Gasteiger partial charge in [0.15, 0.2) is 5.96 Å². The molecule has 104 valence electrons. The molecular formula is C7H16N6O4S. The minimum absolute atomic E-state index is 0.128. The van der Waals surface area contributed by atoms with E-state index in [1.54, 1.807) is 6.20 Å². The molecule has 0 saturated heterocycles. The van der Waals surface area contributed by atoms with Crippen LogP contribution in [0.1, 0.15) is 5.69 Å². The van der Waals surface area contributed by atoms with Crippen LogP contribution in [0.5, 0.6) is 0 Å². The van der Waals surface area contributed by atoms with Gasteiger partial charge in [-0.25, -0.2) is 0 Å². The monoisotopic (exact) mass is 280 g/mol. The molecule has 0 bridgehead atoms. The lowest BCUT2D eigenvalue weighted by Crippen LogP contribution is -2.25. The maximum Gasteiger partial charge on any atom is 0.394 e. The summed E-state index contributed by atoms with van der Waals surface area (Å²) >= 11 is 0. The van der Waals surface area contributed by atoms with Gasteiger partial charge < -0.3 is 16.8 Å². The van der Waals surface area contributed by atoms with Crippen molar-refractivity contribution in [3.05, 3.63) is 18.0 Å². The number of aromatic nitrogens is 2. The van der Waals surface area contributed by atoms with Crippen LogP contribution in [0.2, 0.25) is 0 Å². The molecule has 18 heavy (non-hydrogen) atoms. The Morgan fingerprint density at radius 2 is 2.11 bits per heavy atom. The highest BCUT2D eigenvalue weighted by Gasteiger charge is 1.91. The van der Waals surface area contributed by atoms with Gasteiger partial charge in [0.05, 0.1) is 6.54 Å². The van der Waals surface area contributed by atoms with Crippen LogP contribution < -0.4 is 16.8 Å². The number of guanidine groups is 1. The van der Waals surface area contributed by atoms with Gasteiger partial charge in [-0.15, -0.1) is 0 Å². The zero-order valence-corrected chi connectivity index (χ0v) is 10.3. The van der Waals surface area contributed by atoms with E-state index in [1.807, 2.05) is 6.07 Å². The molecule has 0 saturated carbocycles. The Kier molecular flexibility index (Phi) is 7.62. The van der Waals surface area contributed by atoms with Crippen molar-refractivity contribution in [1.82, 2.24) is 15.5 Å². The summed E-state index contributed by atoms with van der Waals surface area (Å²) in [5.74, 6) is 0.128. The molecular weight excluding hydrogens is 264 g/mol. The van der Waals surface area contributed by atoms with E-state index in [0.29, 0.717) is 6.54 Å². The number of nitrogens with zero attached hydrogens (tertiary/aromatic N) is 2. The summed E-state index contributed by atoms with van der Waals surface area (Å²) in [4.78, 5) is 3.83. The van der Waals surface area contributed by atoms with Crippen molar-refractivity contribution in [2.45, 2.75) is 6.54 Å². The molecule has 0 aromatic carbocycles. The van der Waals surface area contributed by atoms with Gasteiger partial charge in [0.25, 0.3) is 0 Å². The summed E-state index contributed by atoms with van der Waals surface area (Å²) in [6.45, 7) is 2.09. The molecule has 1 aromatic rings. The summed E-state index contributed by atoms with van der Waals surface area (Å²) in [6.07, 6.45) is 1.72. The van der Waals surface area contributed by atoms with Gasteiger partial charge in [0, 0.05) is 25.0 Å². The second kappa shape index (κ2) is 8.41. The van der Waals surface area contributed by atoms with Gasteiger partial charge in [-0.05, 0) is 6.07 Å². The standard InChI is InChI=1S/C7H14N6.H2O4S/c8-7(9)11-4-3-10-5-6-1-2-12-13-6;1-5(2,3)4/h1-2,10H,3-5H2,(H,12,13)(H4,8,9,11);(H2,1,2,3,4). The van der Waals surface area contributed by atoms with Gasteiger partial charge >= 0.3 is 10.4 Å². The minimum atomic E-state index is -4.67. The van der Waals surface area contributed by atoms with Crippen molar-refractivity contribution in [3.63, 3.8) is 0 Å². The predicted octanol–water partition coefficient (Wildman–Crippen LogP) is -1.88. The predicted molar refractivity (Wildman–Crippen MR) is 65.1 cm³/mol. The first-order valence-corrected chi connectivity index (χ1v) is 6.13. The van der Waals surface area contributed by atoms with Crippen LogP contribution in [0.3, 0.4) is 0 Å². The average molecular weight is 280 g/mol. The molecule has 0 unspecified atom stereocenters. The van der Waals surface area contributed by atoms with Gasteiger partial charge in [0.1, 0.15) is 0 Å². The Morgan fingerprint density at radius 1 is 1.50 bits per heavy atom. The van der Waals surface area contributed by atoms with Crippen molar-refractivity contribution >= 4 is 16.4 Å². The number of nitrogens with one attached hydrogen (secondary N) is 2. The average Bonchev–Trinajstić information content (AvgIpc) is 2.66. The van der Waals surface area contributed by atoms with Crippen molar-refractivity contribution in [1.29, 1.82) is 0 Å². The van der Waals surface area contributed by atoms with Gasteiger partial charge in [-0.1, -0.05) is 0 Å². The molecule has 0 aliphatic rings.